The summed E-state index contributed by atoms with van der Waals surface area (Å²) in [5, 5.41) is 8.51. The average Bonchev–Trinajstić information content (AvgIpc) is 3.29. The highest BCUT2D eigenvalue weighted by Gasteiger charge is 2.26. The predicted octanol–water partition coefficient (Wildman–Crippen LogP) is 5.15. The maximum atomic E-state index is 6.75. The Morgan fingerprint density at radius 3 is 2.45 bits per heavy atom. The maximum Gasteiger partial charge on any atom is 0.254 e. The van der Waals surface area contributed by atoms with Crippen LogP contribution in [-0.2, 0) is 12.8 Å². The third-order valence-corrected chi connectivity index (χ3v) is 8.63. The number of nitrogens with one attached hydrogen (secondary N) is 1. The predicted molar refractivity (Wildman–Crippen MR) is 153 cm³/mol. The van der Waals surface area contributed by atoms with E-state index in [2.05, 4.69) is 36.2 Å². The van der Waals surface area contributed by atoms with Crippen LogP contribution in [0.25, 0.3) is 5.95 Å². The van der Waals surface area contributed by atoms with Gasteiger partial charge >= 0.3 is 0 Å². The van der Waals surface area contributed by atoms with E-state index in [1.165, 1.54) is 61.6 Å². The topological polar surface area (TPSA) is 101 Å². The molecule has 10 heteroatoms. The van der Waals surface area contributed by atoms with Gasteiger partial charge in [0, 0.05) is 49.8 Å². The molecule has 0 radical (unpaired) electrons. The van der Waals surface area contributed by atoms with Gasteiger partial charge in [-0.15, -0.1) is 5.10 Å². The number of aryl methyl sites for hydroxylation is 2. The van der Waals surface area contributed by atoms with Crippen molar-refractivity contribution in [1.82, 2.24) is 29.6 Å². The zero-order valence-corrected chi connectivity index (χ0v) is 22.8. The summed E-state index contributed by atoms with van der Waals surface area (Å²) in [4.78, 5) is 18.8. The van der Waals surface area contributed by atoms with Gasteiger partial charge in [-0.05, 0) is 62.3 Å². The van der Waals surface area contributed by atoms with Crippen molar-refractivity contribution < 1.29 is 0 Å². The van der Waals surface area contributed by atoms with Crippen LogP contribution in [0.5, 0.6) is 0 Å². The Morgan fingerprint density at radius 2 is 1.66 bits per heavy atom. The second-order valence-corrected chi connectivity index (χ2v) is 11.3. The third-order valence-electron chi connectivity index (χ3n) is 8.32. The molecule has 0 amide bonds. The molecular formula is C28H38ClN9. The minimum Gasteiger partial charge on any atom is -0.368 e. The lowest BCUT2D eigenvalue weighted by Crippen LogP contribution is -2.50. The minimum atomic E-state index is 0.247. The van der Waals surface area contributed by atoms with Crippen molar-refractivity contribution in [2.24, 2.45) is 0 Å². The molecule has 1 aliphatic heterocycles. The highest BCUT2D eigenvalue weighted by Crippen LogP contribution is 2.32. The van der Waals surface area contributed by atoms with Gasteiger partial charge in [0.15, 0.2) is 0 Å². The first-order valence-corrected chi connectivity index (χ1v) is 14.6. The second-order valence-electron chi connectivity index (χ2n) is 10.9. The number of halogens is 1. The van der Waals surface area contributed by atoms with Crippen LogP contribution in [-0.4, -0.2) is 61.9 Å². The second kappa shape index (κ2) is 11.5. The van der Waals surface area contributed by atoms with E-state index < -0.39 is 0 Å². The van der Waals surface area contributed by atoms with Gasteiger partial charge in [-0.25, -0.2) is 9.97 Å². The number of nitrogens with zero attached hydrogens (tertiary/aromatic N) is 7. The Kier molecular flexibility index (Phi) is 7.65. The van der Waals surface area contributed by atoms with Gasteiger partial charge in [0.25, 0.3) is 5.95 Å². The van der Waals surface area contributed by atoms with Crippen molar-refractivity contribution in [1.29, 1.82) is 0 Å². The van der Waals surface area contributed by atoms with Gasteiger partial charge in [-0.3, -0.25) is 4.90 Å². The van der Waals surface area contributed by atoms with Gasteiger partial charge in [-0.2, -0.15) is 9.67 Å². The Bertz CT molecular complexity index is 1250. The Hall–Kier alpha value is -2.91. The number of rotatable bonds is 5. The van der Waals surface area contributed by atoms with E-state index in [4.69, 9.17) is 22.3 Å². The lowest BCUT2D eigenvalue weighted by molar-refractivity contribution is 0.148. The Morgan fingerprint density at radius 1 is 0.895 bits per heavy atom. The zero-order chi connectivity index (χ0) is 25.9. The van der Waals surface area contributed by atoms with Crippen LogP contribution in [0, 0.1) is 0 Å². The summed E-state index contributed by atoms with van der Waals surface area (Å²) in [6.07, 6.45) is 15.6. The highest BCUT2D eigenvalue weighted by atomic mass is 35.5. The van der Waals surface area contributed by atoms with Crippen molar-refractivity contribution in [2.75, 3.05) is 42.1 Å². The SMILES string of the molecule is Nc1nc(Nc2ccc(N3CCN(C4CCCCC4)CC3)c(Cl)c2)nn1-c1ncc2c(n1)CCCCCC2. The van der Waals surface area contributed by atoms with E-state index in [9.17, 15) is 0 Å². The fourth-order valence-electron chi connectivity index (χ4n) is 6.19. The lowest BCUT2D eigenvalue weighted by Gasteiger charge is -2.41. The minimum absolute atomic E-state index is 0.247. The molecule has 1 saturated heterocycles. The quantitative estimate of drug-likeness (QED) is 0.462. The number of hydrogen-bond donors (Lipinski definition) is 2. The largest absolute Gasteiger partial charge is 0.368 e. The molecule has 0 spiro atoms. The monoisotopic (exact) mass is 535 g/mol. The fourth-order valence-corrected chi connectivity index (χ4v) is 6.49. The summed E-state index contributed by atoms with van der Waals surface area (Å²) >= 11 is 6.75. The number of benzene rings is 1. The van der Waals surface area contributed by atoms with Gasteiger partial charge < -0.3 is 16.0 Å². The van der Waals surface area contributed by atoms with Gasteiger partial charge in [0.2, 0.25) is 11.9 Å². The number of anilines is 4. The molecule has 9 nitrogen and oxygen atoms in total. The summed E-state index contributed by atoms with van der Waals surface area (Å²) in [6, 6.07) is 6.81. The van der Waals surface area contributed by atoms with Crippen LogP contribution >= 0.6 is 11.6 Å². The summed E-state index contributed by atoms with van der Waals surface area (Å²) in [6.45, 7) is 4.22. The number of piperazine rings is 1. The van der Waals surface area contributed by atoms with E-state index in [1.54, 1.807) is 0 Å². The smallest absolute Gasteiger partial charge is 0.254 e. The first-order chi connectivity index (χ1) is 18.6. The average molecular weight is 536 g/mol. The molecule has 2 fully saturated rings. The molecule has 3 heterocycles. The standard InChI is InChI=1S/C28H38ClN9/c29-23-18-21(12-13-25(23)37-16-14-36(15-17-37)22-9-5-3-6-10-22)32-27-34-26(30)38(35-27)28-31-19-20-8-4-1-2-7-11-24(20)33-28/h12-13,18-19,22H,1-11,14-17H2,(H3,30,32,34,35). The van der Waals surface area contributed by atoms with E-state index in [0.717, 1.165) is 73.6 Å². The van der Waals surface area contributed by atoms with E-state index in [1.807, 2.05) is 18.3 Å². The fraction of sp³-hybridized carbons (Fsp3) is 0.571. The normalized spacial score (nSPS) is 19.6. The molecule has 0 bridgehead atoms. The van der Waals surface area contributed by atoms with Crippen molar-refractivity contribution >= 4 is 34.9 Å². The first-order valence-electron chi connectivity index (χ1n) is 14.3. The Balaban J connectivity index is 1.12. The maximum absolute atomic E-state index is 6.75. The van der Waals surface area contributed by atoms with Crippen LogP contribution in [0.2, 0.25) is 5.02 Å². The molecule has 2 aliphatic carbocycles. The zero-order valence-electron chi connectivity index (χ0n) is 22.1. The molecule has 3 aromatic rings. The van der Waals surface area contributed by atoms with Crippen molar-refractivity contribution in [3.63, 3.8) is 0 Å². The van der Waals surface area contributed by atoms with Gasteiger partial charge in [-0.1, -0.05) is 43.7 Å². The molecule has 38 heavy (non-hydrogen) atoms. The molecule has 1 saturated carbocycles. The summed E-state index contributed by atoms with van der Waals surface area (Å²) in [5.74, 6) is 1.10. The molecule has 6 rings (SSSR count). The summed E-state index contributed by atoms with van der Waals surface area (Å²) in [5.41, 5.74) is 10.4. The number of fused-ring (bicyclic) bond motifs is 1. The number of nitrogens with two attached hydrogens (primary N) is 1. The van der Waals surface area contributed by atoms with E-state index in [0.29, 0.717) is 11.9 Å². The highest BCUT2D eigenvalue weighted by molar-refractivity contribution is 6.33. The first kappa shape index (κ1) is 25.4. The molecule has 1 aromatic carbocycles. The van der Waals surface area contributed by atoms with Crippen molar-refractivity contribution in [2.45, 2.75) is 76.7 Å². The van der Waals surface area contributed by atoms with E-state index in [-0.39, 0.29) is 5.95 Å². The number of hydrogen-bond acceptors (Lipinski definition) is 8. The van der Waals surface area contributed by atoms with E-state index >= 15 is 0 Å². The van der Waals surface area contributed by atoms with Gasteiger partial charge in [0.1, 0.15) is 0 Å². The van der Waals surface area contributed by atoms with Crippen molar-refractivity contribution in [3.8, 4) is 5.95 Å². The number of nitrogen functional groups attached to an aromatic ring is 1. The van der Waals surface area contributed by atoms with Crippen LogP contribution in [0.15, 0.2) is 24.4 Å². The summed E-state index contributed by atoms with van der Waals surface area (Å²) < 4.78 is 1.50. The summed E-state index contributed by atoms with van der Waals surface area (Å²) in [7, 11) is 0. The van der Waals surface area contributed by atoms with Crippen LogP contribution in [0.3, 0.4) is 0 Å². The Labute approximate surface area is 229 Å². The number of aromatic nitrogens is 5. The molecule has 2 aromatic heterocycles. The van der Waals surface area contributed by atoms with Crippen LogP contribution < -0.4 is 16.0 Å². The molecule has 3 N–H and O–H groups in total. The van der Waals surface area contributed by atoms with Crippen LogP contribution in [0.1, 0.15) is 69.0 Å². The molecule has 0 unspecified atom stereocenters. The molecule has 202 valence electrons. The molecular weight excluding hydrogens is 498 g/mol. The van der Waals surface area contributed by atoms with Crippen molar-refractivity contribution in [3.05, 3.63) is 40.7 Å². The van der Waals surface area contributed by atoms with Crippen LogP contribution in [0.4, 0.5) is 23.3 Å². The molecule has 3 aliphatic rings. The van der Waals surface area contributed by atoms with Gasteiger partial charge in [0.05, 0.1) is 10.7 Å². The third kappa shape index (κ3) is 5.59. The molecule has 0 atom stereocenters. The lowest BCUT2D eigenvalue weighted by atomic mass is 9.94.